The van der Waals surface area contributed by atoms with Crippen LogP contribution in [0.1, 0.15) is 31.2 Å². The minimum absolute atomic E-state index is 0.381. The normalized spacial score (nSPS) is 33.1. The fourth-order valence-electron chi connectivity index (χ4n) is 3.17. The molecule has 4 nitrogen and oxygen atoms in total. The van der Waals surface area contributed by atoms with Gasteiger partial charge in [0.2, 0.25) is 0 Å². The van der Waals surface area contributed by atoms with E-state index in [0.29, 0.717) is 18.1 Å². The molecule has 2 unspecified atom stereocenters. The van der Waals surface area contributed by atoms with Gasteiger partial charge in [-0.2, -0.15) is 5.10 Å². The van der Waals surface area contributed by atoms with E-state index >= 15 is 0 Å². The van der Waals surface area contributed by atoms with Crippen LogP contribution in [0.25, 0.3) is 0 Å². The van der Waals surface area contributed by atoms with Crippen LogP contribution in [0.3, 0.4) is 0 Å². The van der Waals surface area contributed by atoms with E-state index < -0.39 is 0 Å². The van der Waals surface area contributed by atoms with E-state index in [2.05, 4.69) is 28.1 Å². The number of rotatable bonds is 1. The number of nitrogens with zero attached hydrogens (tertiary/aromatic N) is 3. The lowest BCUT2D eigenvalue weighted by atomic mass is 9.98. The summed E-state index contributed by atoms with van der Waals surface area (Å²) >= 11 is 0. The van der Waals surface area contributed by atoms with Crippen molar-refractivity contribution in [2.45, 2.75) is 50.7 Å². The molecule has 3 heterocycles. The highest BCUT2D eigenvalue weighted by molar-refractivity contribution is 5.44. The average Bonchev–Trinajstić information content (AvgIpc) is 2.51. The van der Waals surface area contributed by atoms with Crippen LogP contribution in [0.2, 0.25) is 0 Å². The molecular formula is C12H18N4. The molecule has 86 valence electrons. The monoisotopic (exact) mass is 218 g/mol. The first kappa shape index (κ1) is 10.0. The van der Waals surface area contributed by atoms with Crippen LogP contribution in [0.4, 0.5) is 5.82 Å². The van der Waals surface area contributed by atoms with E-state index in [1.165, 1.54) is 18.4 Å². The molecule has 0 saturated carbocycles. The van der Waals surface area contributed by atoms with Gasteiger partial charge < -0.3 is 10.6 Å². The van der Waals surface area contributed by atoms with Crippen LogP contribution in [-0.2, 0) is 0 Å². The highest BCUT2D eigenvalue weighted by atomic mass is 15.3. The van der Waals surface area contributed by atoms with Gasteiger partial charge in [-0.1, -0.05) is 0 Å². The maximum Gasteiger partial charge on any atom is 0.151 e. The fraction of sp³-hybridized carbons (Fsp3) is 0.667. The van der Waals surface area contributed by atoms with Crippen molar-refractivity contribution >= 4 is 5.82 Å². The van der Waals surface area contributed by atoms with Crippen molar-refractivity contribution in [3.05, 3.63) is 17.8 Å². The summed E-state index contributed by atoms with van der Waals surface area (Å²) in [5, 5.41) is 8.32. The van der Waals surface area contributed by atoms with Crippen molar-refractivity contribution in [1.29, 1.82) is 0 Å². The maximum absolute atomic E-state index is 6.06. The molecule has 0 radical (unpaired) electrons. The SMILES string of the molecule is Cc1cnnc(N2C3CCC2CC(N)C3)c1. The number of aryl methyl sites for hydroxylation is 1. The first-order valence-corrected chi connectivity index (χ1v) is 6.07. The molecule has 0 amide bonds. The Morgan fingerprint density at radius 1 is 1.31 bits per heavy atom. The van der Waals surface area contributed by atoms with Gasteiger partial charge in [0.15, 0.2) is 5.82 Å². The summed E-state index contributed by atoms with van der Waals surface area (Å²) in [6.07, 6.45) is 6.53. The quantitative estimate of drug-likeness (QED) is 0.770. The highest BCUT2D eigenvalue weighted by Crippen LogP contribution is 2.37. The lowest BCUT2D eigenvalue weighted by molar-refractivity contribution is 0.411. The van der Waals surface area contributed by atoms with Gasteiger partial charge in [-0.15, -0.1) is 5.10 Å². The molecule has 2 fully saturated rings. The zero-order valence-electron chi connectivity index (χ0n) is 9.63. The number of piperidine rings is 1. The molecule has 2 saturated heterocycles. The van der Waals surface area contributed by atoms with E-state index in [-0.39, 0.29) is 0 Å². The zero-order chi connectivity index (χ0) is 11.1. The second-order valence-corrected chi connectivity index (χ2v) is 5.11. The molecule has 16 heavy (non-hydrogen) atoms. The number of aromatic nitrogens is 2. The summed E-state index contributed by atoms with van der Waals surface area (Å²) in [4.78, 5) is 2.45. The summed E-state index contributed by atoms with van der Waals surface area (Å²) in [5.41, 5.74) is 7.24. The van der Waals surface area contributed by atoms with Crippen molar-refractivity contribution in [1.82, 2.24) is 10.2 Å². The van der Waals surface area contributed by atoms with Crippen LogP contribution >= 0.6 is 0 Å². The lowest BCUT2D eigenvalue weighted by Gasteiger charge is -2.38. The Hall–Kier alpha value is -1.16. The molecule has 4 heteroatoms. The predicted molar refractivity (Wildman–Crippen MR) is 63.3 cm³/mol. The largest absolute Gasteiger partial charge is 0.349 e. The molecule has 1 aromatic rings. The molecule has 2 aliphatic heterocycles. The summed E-state index contributed by atoms with van der Waals surface area (Å²) < 4.78 is 0. The molecule has 1 aromatic heterocycles. The third kappa shape index (κ3) is 1.57. The summed E-state index contributed by atoms with van der Waals surface area (Å²) in [7, 11) is 0. The molecule has 2 N–H and O–H groups in total. The van der Waals surface area contributed by atoms with E-state index in [4.69, 9.17) is 5.73 Å². The predicted octanol–water partition coefficient (Wildman–Crippen LogP) is 1.24. The van der Waals surface area contributed by atoms with Crippen LogP contribution in [0.5, 0.6) is 0 Å². The third-order valence-electron chi connectivity index (χ3n) is 3.81. The van der Waals surface area contributed by atoms with E-state index in [9.17, 15) is 0 Å². The zero-order valence-corrected chi connectivity index (χ0v) is 9.63. The standard InChI is InChI=1S/C12H18N4/c1-8-4-12(15-14-7-8)16-10-2-3-11(16)6-9(13)5-10/h4,7,9-11H,2-3,5-6,13H2,1H3. The molecule has 0 aliphatic carbocycles. The van der Waals surface area contributed by atoms with Gasteiger partial charge in [-0.05, 0) is 44.2 Å². The van der Waals surface area contributed by atoms with Crippen molar-refractivity contribution in [3.8, 4) is 0 Å². The third-order valence-corrected chi connectivity index (χ3v) is 3.81. The van der Waals surface area contributed by atoms with Gasteiger partial charge in [-0.3, -0.25) is 0 Å². The van der Waals surface area contributed by atoms with Gasteiger partial charge in [-0.25, -0.2) is 0 Å². The minimum atomic E-state index is 0.381. The second-order valence-electron chi connectivity index (χ2n) is 5.11. The van der Waals surface area contributed by atoms with Crippen molar-refractivity contribution in [2.75, 3.05) is 4.90 Å². The van der Waals surface area contributed by atoms with Gasteiger partial charge in [0.05, 0.1) is 6.20 Å². The summed E-state index contributed by atoms with van der Waals surface area (Å²) in [6.45, 7) is 2.07. The van der Waals surface area contributed by atoms with Crippen LogP contribution in [0.15, 0.2) is 12.3 Å². The Bertz CT molecular complexity index is 378. The molecule has 0 aromatic carbocycles. The molecule has 2 atom stereocenters. The highest BCUT2D eigenvalue weighted by Gasteiger charge is 2.40. The fourth-order valence-corrected chi connectivity index (χ4v) is 3.17. The first-order chi connectivity index (χ1) is 7.74. The van der Waals surface area contributed by atoms with Crippen LogP contribution in [0, 0.1) is 6.92 Å². The number of hydrogen-bond donors (Lipinski definition) is 1. The van der Waals surface area contributed by atoms with E-state index in [1.54, 1.807) is 6.20 Å². The van der Waals surface area contributed by atoms with Gasteiger partial charge >= 0.3 is 0 Å². The molecule has 2 aliphatic rings. The van der Waals surface area contributed by atoms with Crippen molar-refractivity contribution in [2.24, 2.45) is 5.73 Å². The van der Waals surface area contributed by atoms with Gasteiger partial charge in [0.25, 0.3) is 0 Å². The molecule has 0 spiro atoms. The number of nitrogens with two attached hydrogens (primary N) is 1. The molecular weight excluding hydrogens is 200 g/mol. The van der Waals surface area contributed by atoms with Gasteiger partial charge in [0, 0.05) is 18.1 Å². The Morgan fingerprint density at radius 2 is 2.00 bits per heavy atom. The minimum Gasteiger partial charge on any atom is -0.349 e. The molecule has 3 rings (SSSR count). The van der Waals surface area contributed by atoms with Crippen molar-refractivity contribution in [3.63, 3.8) is 0 Å². The van der Waals surface area contributed by atoms with Crippen LogP contribution in [-0.4, -0.2) is 28.3 Å². The Kier molecular flexibility index (Phi) is 2.32. The summed E-state index contributed by atoms with van der Waals surface area (Å²) in [6, 6.07) is 3.69. The Balaban J connectivity index is 1.91. The summed E-state index contributed by atoms with van der Waals surface area (Å²) in [5.74, 6) is 1.04. The average molecular weight is 218 g/mol. The number of fused-ring (bicyclic) bond motifs is 2. The Labute approximate surface area is 95.8 Å². The van der Waals surface area contributed by atoms with Crippen LogP contribution < -0.4 is 10.6 Å². The lowest BCUT2D eigenvalue weighted by Crippen LogP contribution is -2.48. The first-order valence-electron chi connectivity index (χ1n) is 6.07. The number of hydrogen-bond acceptors (Lipinski definition) is 4. The topological polar surface area (TPSA) is 55.0 Å². The van der Waals surface area contributed by atoms with Crippen molar-refractivity contribution < 1.29 is 0 Å². The molecule has 2 bridgehead atoms. The maximum atomic E-state index is 6.06. The second kappa shape index (κ2) is 3.70. The Morgan fingerprint density at radius 3 is 2.62 bits per heavy atom. The van der Waals surface area contributed by atoms with E-state index in [0.717, 1.165) is 18.7 Å². The van der Waals surface area contributed by atoms with E-state index in [1.807, 2.05) is 0 Å². The van der Waals surface area contributed by atoms with Gasteiger partial charge in [0.1, 0.15) is 0 Å². The smallest absolute Gasteiger partial charge is 0.151 e. The number of anilines is 1.